The number of hydrogen-bond acceptors (Lipinski definition) is 4. The quantitative estimate of drug-likeness (QED) is 0.738. The van der Waals surface area contributed by atoms with Gasteiger partial charge >= 0.3 is 0 Å². The highest BCUT2D eigenvalue weighted by Gasteiger charge is 2.32. The number of phenolic OH excluding ortho intramolecular Hbond substituents is 1. The molecule has 19 heavy (non-hydrogen) atoms. The van der Waals surface area contributed by atoms with Gasteiger partial charge in [0.05, 0.1) is 13.2 Å². The molecule has 0 amide bonds. The van der Waals surface area contributed by atoms with Gasteiger partial charge in [-0.05, 0) is 25.8 Å². The highest BCUT2D eigenvalue weighted by atomic mass is 16.5. The van der Waals surface area contributed by atoms with Crippen LogP contribution in [0.5, 0.6) is 11.5 Å². The highest BCUT2D eigenvalue weighted by molar-refractivity contribution is 5.45. The molecule has 0 bridgehead atoms. The van der Waals surface area contributed by atoms with Crippen LogP contribution in [0.2, 0.25) is 0 Å². The fraction of sp³-hybridized carbons (Fsp3) is 0.600. The van der Waals surface area contributed by atoms with Crippen molar-refractivity contribution in [1.29, 1.82) is 0 Å². The molecule has 0 aliphatic heterocycles. The number of aliphatic hydroxyl groups is 1. The average Bonchev–Trinajstić information content (AvgIpc) is 2.89. The van der Waals surface area contributed by atoms with Crippen molar-refractivity contribution in [3.8, 4) is 11.5 Å². The van der Waals surface area contributed by atoms with E-state index in [9.17, 15) is 10.2 Å². The Morgan fingerprint density at radius 2 is 2.05 bits per heavy atom. The molecule has 0 unspecified atom stereocenters. The molecule has 1 aliphatic carbocycles. The number of para-hydroxylation sites is 1. The molecule has 3 N–H and O–H groups in total. The van der Waals surface area contributed by atoms with Crippen molar-refractivity contribution >= 4 is 0 Å². The van der Waals surface area contributed by atoms with Gasteiger partial charge in [-0.2, -0.15) is 0 Å². The summed E-state index contributed by atoms with van der Waals surface area (Å²) in [7, 11) is 0. The molecule has 0 saturated heterocycles. The molecular weight excluding hydrogens is 242 g/mol. The minimum atomic E-state index is -0.173. The van der Waals surface area contributed by atoms with Gasteiger partial charge in [-0.3, -0.25) is 0 Å². The van der Waals surface area contributed by atoms with E-state index in [1.807, 2.05) is 19.1 Å². The van der Waals surface area contributed by atoms with Crippen molar-refractivity contribution in [1.82, 2.24) is 5.32 Å². The van der Waals surface area contributed by atoms with Gasteiger partial charge in [-0.1, -0.05) is 25.0 Å². The fourth-order valence-electron chi connectivity index (χ4n) is 2.71. The van der Waals surface area contributed by atoms with Crippen molar-refractivity contribution in [2.24, 2.45) is 0 Å². The van der Waals surface area contributed by atoms with Crippen molar-refractivity contribution in [3.63, 3.8) is 0 Å². The summed E-state index contributed by atoms with van der Waals surface area (Å²) in [5.74, 6) is 0.717. The molecule has 0 atom stereocenters. The Bertz CT molecular complexity index is 414. The number of benzene rings is 1. The Balaban J connectivity index is 2.04. The normalized spacial score (nSPS) is 17.6. The predicted molar refractivity (Wildman–Crippen MR) is 74.4 cm³/mol. The van der Waals surface area contributed by atoms with Crippen LogP contribution in [0.3, 0.4) is 0 Å². The average molecular weight is 265 g/mol. The number of ether oxygens (including phenoxy) is 1. The largest absolute Gasteiger partial charge is 0.504 e. The van der Waals surface area contributed by atoms with Crippen LogP contribution < -0.4 is 10.1 Å². The monoisotopic (exact) mass is 265 g/mol. The number of nitrogens with one attached hydrogen (secondary N) is 1. The minimum absolute atomic E-state index is 0.152. The zero-order chi connectivity index (χ0) is 13.7. The third-order valence-electron chi connectivity index (χ3n) is 3.90. The van der Waals surface area contributed by atoms with Gasteiger partial charge in [-0.25, -0.2) is 0 Å². The van der Waals surface area contributed by atoms with Gasteiger partial charge in [0.25, 0.3) is 0 Å². The van der Waals surface area contributed by atoms with E-state index in [2.05, 4.69) is 5.32 Å². The SMILES string of the molecule is CCOc1cccc(CNC2(CO)CCCC2)c1O. The molecule has 4 nitrogen and oxygen atoms in total. The maximum atomic E-state index is 10.1. The van der Waals surface area contributed by atoms with Crippen LogP contribution in [0.25, 0.3) is 0 Å². The van der Waals surface area contributed by atoms with Crippen LogP contribution in [0.4, 0.5) is 0 Å². The summed E-state index contributed by atoms with van der Waals surface area (Å²) in [5.41, 5.74) is 0.638. The first-order valence-corrected chi connectivity index (χ1v) is 7.00. The van der Waals surface area contributed by atoms with E-state index >= 15 is 0 Å². The number of aliphatic hydroxyl groups excluding tert-OH is 1. The summed E-state index contributed by atoms with van der Waals surface area (Å²) in [6.07, 6.45) is 4.29. The standard InChI is InChI=1S/C15H23NO3/c1-2-19-13-7-5-6-12(14(13)18)10-16-15(11-17)8-3-4-9-15/h5-7,16-18H,2-4,8-11H2,1H3. The smallest absolute Gasteiger partial charge is 0.162 e. The molecule has 1 aliphatic rings. The molecular formula is C15H23NO3. The van der Waals surface area contributed by atoms with E-state index in [-0.39, 0.29) is 17.9 Å². The molecule has 4 heteroatoms. The molecule has 0 heterocycles. The van der Waals surface area contributed by atoms with Crippen LogP contribution in [0.1, 0.15) is 38.2 Å². The highest BCUT2D eigenvalue weighted by Crippen LogP contribution is 2.32. The molecule has 1 fully saturated rings. The topological polar surface area (TPSA) is 61.7 Å². The fourth-order valence-corrected chi connectivity index (χ4v) is 2.71. The third-order valence-corrected chi connectivity index (χ3v) is 3.90. The second-order valence-corrected chi connectivity index (χ2v) is 5.20. The zero-order valence-electron chi connectivity index (χ0n) is 11.5. The van der Waals surface area contributed by atoms with Crippen LogP contribution in [0.15, 0.2) is 18.2 Å². The number of rotatable bonds is 6. The molecule has 1 aromatic rings. The predicted octanol–water partition coefficient (Wildman–Crippen LogP) is 2.19. The first-order chi connectivity index (χ1) is 9.21. The molecule has 0 aromatic heterocycles. The summed E-state index contributed by atoms with van der Waals surface area (Å²) < 4.78 is 5.37. The summed E-state index contributed by atoms with van der Waals surface area (Å²) in [6.45, 7) is 3.13. The molecule has 0 radical (unpaired) electrons. The van der Waals surface area contributed by atoms with E-state index in [1.165, 1.54) is 0 Å². The van der Waals surface area contributed by atoms with Gasteiger partial charge in [0.1, 0.15) is 0 Å². The molecule has 106 valence electrons. The Hall–Kier alpha value is -1.26. The van der Waals surface area contributed by atoms with E-state index in [4.69, 9.17) is 4.74 Å². The van der Waals surface area contributed by atoms with Crippen molar-refractivity contribution in [2.45, 2.75) is 44.7 Å². The van der Waals surface area contributed by atoms with Crippen molar-refractivity contribution < 1.29 is 14.9 Å². The van der Waals surface area contributed by atoms with Gasteiger partial charge in [-0.15, -0.1) is 0 Å². The van der Waals surface area contributed by atoms with Crippen molar-refractivity contribution in [3.05, 3.63) is 23.8 Å². The Labute approximate surface area is 114 Å². The third kappa shape index (κ3) is 3.19. The lowest BCUT2D eigenvalue weighted by Gasteiger charge is -2.28. The lowest BCUT2D eigenvalue weighted by Crippen LogP contribution is -2.45. The van der Waals surface area contributed by atoms with Gasteiger partial charge in [0.2, 0.25) is 0 Å². The second kappa shape index (κ2) is 6.26. The molecule has 0 spiro atoms. The number of aromatic hydroxyl groups is 1. The molecule has 2 rings (SSSR count). The number of phenols is 1. The van der Waals surface area contributed by atoms with Crippen LogP contribution >= 0.6 is 0 Å². The zero-order valence-corrected chi connectivity index (χ0v) is 11.5. The van der Waals surface area contributed by atoms with E-state index < -0.39 is 0 Å². The Morgan fingerprint density at radius 1 is 1.32 bits per heavy atom. The first-order valence-electron chi connectivity index (χ1n) is 7.00. The first kappa shape index (κ1) is 14.2. The van der Waals surface area contributed by atoms with E-state index in [0.717, 1.165) is 31.2 Å². The van der Waals surface area contributed by atoms with Gasteiger partial charge in [0.15, 0.2) is 11.5 Å². The second-order valence-electron chi connectivity index (χ2n) is 5.20. The van der Waals surface area contributed by atoms with Gasteiger partial charge < -0.3 is 20.3 Å². The molecule has 1 aromatic carbocycles. The summed E-state index contributed by atoms with van der Waals surface area (Å²) in [6, 6.07) is 5.52. The Morgan fingerprint density at radius 3 is 2.68 bits per heavy atom. The lowest BCUT2D eigenvalue weighted by molar-refractivity contribution is 0.162. The molecule has 1 saturated carbocycles. The lowest BCUT2D eigenvalue weighted by atomic mass is 9.98. The van der Waals surface area contributed by atoms with Gasteiger partial charge in [0, 0.05) is 17.6 Å². The van der Waals surface area contributed by atoms with Crippen LogP contribution in [-0.4, -0.2) is 29.0 Å². The van der Waals surface area contributed by atoms with Crippen LogP contribution in [0, 0.1) is 0 Å². The maximum Gasteiger partial charge on any atom is 0.162 e. The number of hydrogen-bond donors (Lipinski definition) is 3. The minimum Gasteiger partial charge on any atom is -0.504 e. The maximum absolute atomic E-state index is 10.1. The summed E-state index contributed by atoms with van der Waals surface area (Å²) in [5, 5.41) is 23.1. The van der Waals surface area contributed by atoms with E-state index in [0.29, 0.717) is 18.9 Å². The summed E-state index contributed by atoms with van der Waals surface area (Å²) in [4.78, 5) is 0. The Kier molecular flexibility index (Phi) is 4.66. The van der Waals surface area contributed by atoms with E-state index in [1.54, 1.807) is 6.07 Å². The van der Waals surface area contributed by atoms with Crippen LogP contribution in [-0.2, 0) is 6.54 Å². The van der Waals surface area contributed by atoms with Crippen molar-refractivity contribution in [2.75, 3.05) is 13.2 Å². The summed E-state index contributed by atoms with van der Waals surface area (Å²) >= 11 is 0.